The number of azo groups is 2. The molecule has 0 aliphatic heterocycles. The molecule has 4 aromatic rings. The Kier molecular flexibility index (Phi) is 14.1. The molecule has 4 rings (SSSR count). The highest BCUT2D eigenvalue weighted by atomic mass is 35.5. The van der Waals surface area contributed by atoms with Crippen LogP contribution < -0.4 is 10.6 Å². The smallest absolute Gasteiger partial charge is 0.258 e. The van der Waals surface area contributed by atoms with Crippen LogP contribution in [0.4, 0.5) is 22.7 Å². The lowest BCUT2D eigenvalue weighted by molar-refractivity contribution is -0.127. The number of benzene rings is 4. The van der Waals surface area contributed by atoms with Gasteiger partial charge < -0.3 is 10.6 Å². The molecule has 2 unspecified atom stereocenters. The van der Waals surface area contributed by atoms with E-state index in [4.69, 9.17) is 23.2 Å². The van der Waals surface area contributed by atoms with Gasteiger partial charge in [-0.05, 0) is 109 Å². The second-order valence-corrected chi connectivity index (χ2v) is 13.0. The average Bonchev–Trinajstić information content (AvgIpc) is 3.12. The van der Waals surface area contributed by atoms with Crippen LogP contribution in [0.3, 0.4) is 0 Å². The highest BCUT2D eigenvalue weighted by Crippen LogP contribution is 2.35. The number of carbonyl (C=O) groups is 4. The first-order valence-corrected chi connectivity index (χ1v) is 17.9. The maximum Gasteiger partial charge on any atom is 0.258 e. The van der Waals surface area contributed by atoms with Crippen molar-refractivity contribution in [2.24, 2.45) is 20.5 Å². The van der Waals surface area contributed by atoms with Crippen molar-refractivity contribution in [3.63, 3.8) is 0 Å². The fourth-order valence-electron chi connectivity index (χ4n) is 5.35. The van der Waals surface area contributed by atoms with E-state index in [1.54, 1.807) is 36.4 Å². The lowest BCUT2D eigenvalue weighted by Gasteiger charge is -2.14. The minimum Gasteiger partial charge on any atom is -0.323 e. The van der Waals surface area contributed by atoms with Gasteiger partial charge in [-0.1, -0.05) is 87.3 Å². The van der Waals surface area contributed by atoms with E-state index >= 15 is 0 Å². The molecule has 12 heteroatoms. The summed E-state index contributed by atoms with van der Waals surface area (Å²) in [7, 11) is 0. The van der Waals surface area contributed by atoms with Crippen molar-refractivity contribution in [2.45, 2.75) is 79.3 Å². The molecule has 0 saturated carbocycles. The van der Waals surface area contributed by atoms with Crippen LogP contribution in [-0.4, -0.2) is 35.5 Å². The molecule has 0 aromatic heterocycles. The van der Waals surface area contributed by atoms with Crippen molar-refractivity contribution >= 4 is 69.3 Å². The zero-order valence-electron chi connectivity index (χ0n) is 30.1. The number of hydrogen-bond donors (Lipinski definition) is 2. The summed E-state index contributed by atoms with van der Waals surface area (Å²) in [6.07, 6.45) is 3.02. The number of rotatable bonds is 15. The summed E-state index contributed by atoms with van der Waals surface area (Å²) < 4.78 is 0. The lowest BCUT2D eigenvalue weighted by Crippen LogP contribution is -2.32. The van der Waals surface area contributed by atoms with E-state index in [0.29, 0.717) is 35.3 Å². The molecule has 0 heterocycles. The van der Waals surface area contributed by atoms with Crippen molar-refractivity contribution < 1.29 is 19.2 Å². The summed E-state index contributed by atoms with van der Waals surface area (Å²) >= 11 is 13.1. The van der Waals surface area contributed by atoms with Crippen LogP contribution >= 0.6 is 23.2 Å². The van der Waals surface area contributed by atoms with E-state index in [-0.39, 0.29) is 21.4 Å². The van der Waals surface area contributed by atoms with Crippen LogP contribution in [0.5, 0.6) is 0 Å². The molecule has 0 aliphatic carbocycles. The largest absolute Gasteiger partial charge is 0.323 e. The molecule has 0 aliphatic rings. The van der Waals surface area contributed by atoms with Crippen LogP contribution in [-0.2, 0) is 44.9 Å². The van der Waals surface area contributed by atoms with Crippen molar-refractivity contribution in [3.8, 4) is 11.1 Å². The van der Waals surface area contributed by atoms with Crippen molar-refractivity contribution in [1.82, 2.24) is 0 Å². The average molecular weight is 742 g/mol. The standard InChI is InChI=1S/C40H42Cl2N6O4/c1-7-25-11-13-27(9-3)35(19-25)43-39(51)37(23(5)49)47-45-33-17-15-29(21-31(33)41)30-16-18-34(32(42)22-30)46-48-38(24(6)50)40(52)44-36-20-26(8-2)12-14-28(36)10-4/h11-22,37-38H,7-10H2,1-6H3,(H,43,51)(H,44,52). The molecule has 10 nitrogen and oxygen atoms in total. The summed E-state index contributed by atoms with van der Waals surface area (Å²) in [6.45, 7) is 10.6. The first-order chi connectivity index (χ1) is 24.9. The zero-order valence-corrected chi connectivity index (χ0v) is 31.6. The molecule has 0 saturated heterocycles. The van der Waals surface area contributed by atoms with Gasteiger partial charge in [-0.3, -0.25) is 19.2 Å². The molecular weight excluding hydrogens is 699 g/mol. The maximum atomic E-state index is 13.1. The molecule has 2 amide bonds. The minimum atomic E-state index is -1.36. The third-order valence-corrected chi connectivity index (χ3v) is 9.11. The lowest BCUT2D eigenvalue weighted by atomic mass is 10.0. The Morgan fingerprint density at radius 1 is 0.558 bits per heavy atom. The summed E-state index contributed by atoms with van der Waals surface area (Å²) in [5.41, 5.74) is 7.22. The first-order valence-electron chi connectivity index (χ1n) is 17.2. The highest BCUT2D eigenvalue weighted by molar-refractivity contribution is 6.34. The van der Waals surface area contributed by atoms with E-state index in [1.807, 2.05) is 64.1 Å². The number of nitrogens with one attached hydrogen (secondary N) is 2. The molecule has 0 radical (unpaired) electrons. The van der Waals surface area contributed by atoms with Gasteiger partial charge in [0.05, 0.1) is 10.0 Å². The van der Waals surface area contributed by atoms with Gasteiger partial charge >= 0.3 is 0 Å². The number of nitrogens with zero attached hydrogens (tertiary/aromatic N) is 4. The van der Waals surface area contributed by atoms with Gasteiger partial charge in [0.25, 0.3) is 11.8 Å². The SMILES string of the molecule is CCc1ccc(CC)c(NC(=O)C(N=Nc2ccc(-c3ccc(N=NC(C(C)=O)C(=O)Nc4cc(CC)ccc4CC)c(Cl)c3)cc2Cl)C(C)=O)c1. The van der Waals surface area contributed by atoms with E-state index in [0.717, 1.165) is 35.1 Å². The number of amides is 2. The first kappa shape index (κ1) is 39.7. The third kappa shape index (κ3) is 10.0. The van der Waals surface area contributed by atoms with Crippen molar-refractivity contribution in [3.05, 3.63) is 105 Å². The maximum absolute atomic E-state index is 13.1. The fourth-order valence-corrected chi connectivity index (χ4v) is 5.79. The summed E-state index contributed by atoms with van der Waals surface area (Å²) in [6, 6.07) is 19.1. The van der Waals surface area contributed by atoms with E-state index in [2.05, 4.69) is 31.1 Å². The Bertz CT molecular complexity index is 1900. The van der Waals surface area contributed by atoms with Gasteiger partial charge in [-0.15, -0.1) is 0 Å². The van der Waals surface area contributed by atoms with Gasteiger partial charge in [0.15, 0.2) is 11.6 Å². The topological polar surface area (TPSA) is 142 Å². The Hall–Kier alpha value is -5.06. The van der Waals surface area contributed by atoms with E-state index in [1.165, 1.54) is 13.8 Å². The fraction of sp³-hybridized carbons (Fsp3) is 0.300. The van der Waals surface area contributed by atoms with Gasteiger partial charge in [-0.25, -0.2) is 0 Å². The van der Waals surface area contributed by atoms with Gasteiger partial charge in [0.2, 0.25) is 12.1 Å². The Morgan fingerprint density at radius 3 is 1.25 bits per heavy atom. The van der Waals surface area contributed by atoms with Crippen molar-refractivity contribution in [1.29, 1.82) is 0 Å². The number of carbonyl (C=O) groups excluding carboxylic acids is 4. The molecule has 4 aromatic carbocycles. The van der Waals surface area contributed by atoms with Crippen LogP contribution in [0.25, 0.3) is 11.1 Å². The number of hydrogen-bond acceptors (Lipinski definition) is 8. The van der Waals surface area contributed by atoms with Crippen LogP contribution in [0.2, 0.25) is 10.0 Å². The predicted octanol–water partition coefficient (Wildman–Crippen LogP) is 10.3. The number of anilines is 2. The minimum absolute atomic E-state index is 0.235. The van der Waals surface area contributed by atoms with E-state index in [9.17, 15) is 19.2 Å². The normalized spacial score (nSPS) is 12.5. The molecule has 0 bridgehead atoms. The second kappa shape index (κ2) is 18.4. The molecule has 270 valence electrons. The summed E-state index contributed by atoms with van der Waals surface area (Å²) in [4.78, 5) is 51.1. The Morgan fingerprint density at radius 2 is 0.942 bits per heavy atom. The molecule has 52 heavy (non-hydrogen) atoms. The van der Waals surface area contributed by atoms with Gasteiger partial charge in [0, 0.05) is 11.4 Å². The van der Waals surface area contributed by atoms with E-state index < -0.39 is 35.5 Å². The molecule has 0 fully saturated rings. The predicted molar refractivity (Wildman–Crippen MR) is 208 cm³/mol. The number of aryl methyl sites for hydroxylation is 4. The van der Waals surface area contributed by atoms with Crippen molar-refractivity contribution in [2.75, 3.05) is 10.6 Å². The summed E-state index contributed by atoms with van der Waals surface area (Å²) in [5.74, 6) is -2.09. The number of halogens is 2. The monoisotopic (exact) mass is 740 g/mol. The van der Waals surface area contributed by atoms with Crippen LogP contribution in [0.1, 0.15) is 63.8 Å². The third-order valence-electron chi connectivity index (χ3n) is 8.50. The van der Waals surface area contributed by atoms with Crippen LogP contribution in [0, 0.1) is 0 Å². The molecule has 2 N–H and O–H groups in total. The zero-order chi connectivity index (χ0) is 37.9. The number of ketones is 2. The molecule has 2 atom stereocenters. The second-order valence-electron chi connectivity index (χ2n) is 12.2. The Labute approximate surface area is 314 Å². The van der Waals surface area contributed by atoms with Gasteiger partial charge in [-0.2, -0.15) is 20.5 Å². The highest BCUT2D eigenvalue weighted by Gasteiger charge is 2.25. The Balaban J connectivity index is 1.49. The number of Topliss-reactive ketones (excluding diaryl/α,β-unsaturated/α-hetero) is 2. The quantitative estimate of drug-likeness (QED) is 0.0924. The molecular formula is C40H42Cl2N6O4. The molecule has 0 spiro atoms. The van der Waals surface area contributed by atoms with Crippen LogP contribution in [0.15, 0.2) is 93.3 Å². The summed E-state index contributed by atoms with van der Waals surface area (Å²) in [5, 5.41) is 22.6. The van der Waals surface area contributed by atoms with Gasteiger partial charge in [0.1, 0.15) is 11.4 Å².